The Labute approximate surface area is 106 Å². The maximum absolute atomic E-state index is 5.56. The van der Waals surface area contributed by atoms with Crippen molar-refractivity contribution >= 4 is 11.8 Å². The van der Waals surface area contributed by atoms with Crippen LogP contribution in [-0.2, 0) is 13.0 Å². The van der Waals surface area contributed by atoms with Crippen LogP contribution in [0.25, 0.3) is 0 Å². The number of hydrogen-bond donors (Lipinski definition) is 1. The topological polar surface area (TPSA) is 38.9 Å². The smallest absolute Gasteiger partial charge is 0.0270 e. The van der Waals surface area contributed by atoms with Gasteiger partial charge in [0.25, 0.3) is 0 Å². The van der Waals surface area contributed by atoms with E-state index in [9.17, 15) is 0 Å². The molecular formula is C14H16N2S. The highest BCUT2D eigenvalue weighted by atomic mass is 32.2. The number of nitrogens with two attached hydrogens (primary N) is 1. The minimum atomic E-state index is 0.613. The second-order valence-electron chi connectivity index (χ2n) is 3.80. The Bertz CT molecular complexity index is 440. The minimum Gasteiger partial charge on any atom is -0.326 e. The van der Waals surface area contributed by atoms with Crippen LogP contribution < -0.4 is 5.73 Å². The lowest BCUT2D eigenvalue weighted by Gasteiger charge is -2.03. The Morgan fingerprint density at radius 3 is 2.29 bits per heavy atom. The molecule has 0 atom stereocenters. The van der Waals surface area contributed by atoms with E-state index in [1.807, 2.05) is 24.2 Å². The largest absolute Gasteiger partial charge is 0.326 e. The molecule has 0 saturated carbocycles. The molecule has 0 amide bonds. The Morgan fingerprint density at radius 1 is 0.941 bits per heavy atom. The Balaban J connectivity index is 1.82. The van der Waals surface area contributed by atoms with Crippen LogP contribution in [0.5, 0.6) is 0 Å². The highest BCUT2D eigenvalue weighted by Crippen LogP contribution is 2.19. The minimum absolute atomic E-state index is 0.613. The quantitative estimate of drug-likeness (QED) is 0.822. The van der Waals surface area contributed by atoms with Crippen molar-refractivity contribution in [2.75, 3.05) is 5.75 Å². The summed E-state index contributed by atoms with van der Waals surface area (Å²) < 4.78 is 0. The molecule has 0 saturated heterocycles. The molecule has 0 spiro atoms. The van der Waals surface area contributed by atoms with Crippen molar-refractivity contribution in [1.82, 2.24) is 4.98 Å². The zero-order chi connectivity index (χ0) is 11.9. The van der Waals surface area contributed by atoms with Crippen LogP contribution in [0.3, 0.4) is 0 Å². The number of hydrogen-bond acceptors (Lipinski definition) is 3. The first-order valence-corrected chi connectivity index (χ1v) is 6.68. The predicted octanol–water partition coefficient (Wildman–Crippen LogP) is 2.88. The van der Waals surface area contributed by atoms with Crippen molar-refractivity contribution in [1.29, 1.82) is 0 Å². The summed E-state index contributed by atoms with van der Waals surface area (Å²) in [6.45, 7) is 0.613. The molecule has 2 rings (SSSR count). The van der Waals surface area contributed by atoms with Crippen LogP contribution in [0.15, 0.2) is 53.7 Å². The molecule has 17 heavy (non-hydrogen) atoms. The Morgan fingerprint density at radius 2 is 1.65 bits per heavy atom. The summed E-state index contributed by atoms with van der Waals surface area (Å²) in [7, 11) is 0. The summed E-state index contributed by atoms with van der Waals surface area (Å²) in [6.07, 6.45) is 4.76. The van der Waals surface area contributed by atoms with Gasteiger partial charge in [0.05, 0.1) is 0 Å². The molecule has 1 aromatic carbocycles. The molecule has 3 heteroatoms. The van der Waals surface area contributed by atoms with Crippen LogP contribution in [0.2, 0.25) is 0 Å². The van der Waals surface area contributed by atoms with E-state index < -0.39 is 0 Å². The molecule has 0 radical (unpaired) electrons. The molecule has 2 nitrogen and oxygen atoms in total. The summed E-state index contributed by atoms with van der Waals surface area (Å²) >= 11 is 1.87. The van der Waals surface area contributed by atoms with Crippen LogP contribution in [0.4, 0.5) is 0 Å². The highest BCUT2D eigenvalue weighted by Gasteiger charge is 1.96. The van der Waals surface area contributed by atoms with Gasteiger partial charge in [0.2, 0.25) is 0 Å². The van der Waals surface area contributed by atoms with E-state index in [-0.39, 0.29) is 0 Å². The Kier molecular flexibility index (Phi) is 4.59. The summed E-state index contributed by atoms with van der Waals surface area (Å²) in [6, 6.07) is 12.6. The van der Waals surface area contributed by atoms with Crippen molar-refractivity contribution < 1.29 is 0 Å². The third-order valence-corrected chi connectivity index (χ3v) is 3.58. The van der Waals surface area contributed by atoms with Crippen molar-refractivity contribution in [2.24, 2.45) is 5.73 Å². The number of aromatic nitrogens is 1. The third kappa shape index (κ3) is 3.88. The lowest BCUT2D eigenvalue weighted by atomic mass is 10.2. The molecule has 0 bridgehead atoms. The predicted molar refractivity (Wildman–Crippen MR) is 73.0 cm³/mol. The number of pyridine rings is 1. The number of rotatable bonds is 5. The van der Waals surface area contributed by atoms with Gasteiger partial charge >= 0.3 is 0 Å². The first-order valence-electron chi connectivity index (χ1n) is 5.69. The standard InChI is InChI=1S/C14H16N2S/c15-11-13-1-3-14(4-2-13)17-10-7-12-5-8-16-9-6-12/h1-6,8-9H,7,10-11,15H2. The molecular weight excluding hydrogens is 228 g/mol. The zero-order valence-electron chi connectivity index (χ0n) is 9.67. The van der Waals surface area contributed by atoms with Gasteiger partial charge in [-0.3, -0.25) is 4.98 Å². The van der Waals surface area contributed by atoms with Crippen molar-refractivity contribution in [3.63, 3.8) is 0 Å². The van der Waals surface area contributed by atoms with E-state index in [0.717, 1.165) is 12.2 Å². The van der Waals surface area contributed by atoms with Crippen molar-refractivity contribution in [3.05, 3.63) is 59.9 Å². The van der Waals surface area contributed by atoms with E-state index >= 15 is 0 Å². The maximum Gasteiger partial charge on any atom is 0.0270 e. The fraction of sp³-hybridized carbons (Fsp3) is 0.214. The molecule has 0 unspecified atom stereocenters. The summed E-state index contributed by atoms with van der Waals surface area (Å²) in [5.41, 5.74) is 8.09. The zero-order valence-corrected chi connectivity index (χ0v) is 10.5. The van der Waals surface area contributed by atoms with Gasteiger partial charge in [0.15, 0.2) is 0 Å². The van der Waals surface area contributed by atoms with Gasteiger partial charge in [-0.15, -0.1) is 11.8 Å². The van der Waals surface area contributed by atoms with Gasteiger partial charge in [0, 0.05) is 29.6 Å². The number of benzene rings is 1. The van der Waals surface area contributed by atoms with E-state index in [2.05, 4.69) is 41.4 Å². The van der Waals surface area contributed by atoms with Gasteiger partial charge in [-0.25, -0.2) is 0 Å². The maximum atomic E-state index is 5.56. The van der Waals surface area contributed by atoms with Crippen molar-refractivity contribution in [2.45, 2.75) is 17.9 Å². The third-order valence-electron chi connectivity index (χ3n) is 2.57. The molecule has 0 aliphatic rings. The number of nitrogens with zero attached hydrogens (tertiary/aromatic N) is 1. The Hall–Kier alpha value is -1.32. The summed E-state index contributed by atoms with van der Waals surface area (Å²) in [4.78, 5) is 5.31. The van der Waals surface area contributed by atoms with Crippen LogP contribution >= 0.6 is 11.8 Å². The van der Waals surface area contributed by atoms with Crippen molar-refractivity contribution in [3.8, 4) is 0 Å². The molecule has 2 N–H and O–H groups in total. The van der Waals surface area contributed by atoms with Gasteiger partial charge in [0.1, 0.15) is 0 Å². The first kappa shape index (κ1) is 12.1. The van der Waals surface area contributed by atoms with Gasteiger partial charge in [-0.1, -0.05) is 12.1 Å². The summed E-state index contributed by atoms with van der Waals surface area (Å²) in [5, 5.41) is 0. The average Bonchev–Trinajstić information content (AvgIpc) is 2.41. The van der Waals surface area contributed by atoms with E-state index in [4.69, 9.17) is 5.73 Å². The number of aryl methyl sites for hydroxylation is 1. The number of thioether (sulfide) groups is 1. The van der Waals surface area contributed by atoms with Crippen LogP contribution in [0, 0.1) is 0 Å². The lowest BCUT2D eigenvalue weighted by Crippen LogP contribution is -1.95. The molecule has 0 aliphatic carbocycles. The molecule has 2 aromatic rings. The van der Waals surface area contributed by atoms with E-state index in [0.29, 0.717) is 6.54 Å². The molecule has 0 fully saturated rings. The monoisotopic (exact) mass is 244 g/mol. The van der Waals surface area contributed by atoms with E-state index in [1.54, 1.807) is 0 Å². The SMILES string of the molecule is NCc1ccc(SCCc2ccncc2)cc1. The normalized spacial score (nSPS) is 10.4. The van der Waals surface area contributed by atoms with E-state index in [1.165, 1.54) is 16.0 Å². The van der Waals surface area contributed by atoms with Gasteiger partial charge < -0.3 is 5.73 Å². The molecule has 0 aliphatic heterocycles. The molecule has 88 valence electrons. The second-order valence-corrected chi connectivity index (χ2v) is 4.97. The van der Waals surface area contributed by atoms with Crippen LogP contribution in [0.1, 0.15) is 11.1 Å². The average molecular weight is 244 g/mol. The lowest BCUT2D eigenvalue weighted by molar-refractivity contribution is 1.06. The first-order chi connectivity index (χ1) is 8.38. The molecule has 1 heterocycles. The summed E-state index contributed by atoms with van der Waals surface area (Å²) in [5.74, 6) is 1.09. The van der Waals surface area contributed by atoms with Gasteiger partial charge in [-0.2, -0.15) is 0 Å². The fourth-order valence-corrected chi connectivity index (χ4v) is 2.46. The van der Waals surface area contributed by atoms with Crippen LogP contribution in [-0.4, -0.2) is 10.7 Å². The second kappa shape index (κ2) is 6.42. The fourth-order valence-electron chi connectivity index (χ4n) is 1.56. The van der Waals surface area contributed by atoms with Gasteiger partial charge in [-0.05, 0) is 41.8 Å². The highest BCUT2D eigenvalue weighted by molar-refractivity contribution is 7.99. The molecule has 1 aromatic heterocycles.